The zero-order valence-corrected chi connectivity index (χ0v) is 25.7. The number of rotatable bonds is 9. The van der Waals surface area contributed by atoms with Crippen molar-refractivity contribution in [2.24, 2.45) is 5.92 Å². The molecule has 2 aromatic carbocycles. The number of alkyl halides is 3. The minimum atomic E-state index is -4.73. The highest BCUT2D eigenvalue weighted by Crippen LogP contribution is 2.38. The number of hydrogen-bond acceptors (Lipinski definition) is 8. The fourth-order valence-electron chi connectivity index (χ4n) is 5.64. The Kier molecular flexibility index (Phi) is 9.47. The summed E-state index contributed by atoms with van der Waals surface area (Å²) < 4.78 is 47.8. The van der Waals surface area contributed by atoms with Crippen LogP contribution in [0.25, 0.3) is 0 Å². The van der Waals surface area contributed by atoms with Gasteiger partial charge in [0.25, 0.3) is 5.91 Å². The number of aromatic nitrogens is 2. The van der Waals surface area contributed by atoms with Crippen molar-refractivity contribution in [1.82, 2.24) is 25.5 Å². The molecule has 0 spiro atoms. The first kappa shape index (κ1) is 32.0. The third-order valence-electron chi connectivity index (χ3n) is 8.23. The van der Waals surface area contributed by atoms with Crippen molar-refractivity contribution in [2.75, 3.05) is 37.9 Å². The smallest absolute Gasteiger partial charge is 0.421 e. The maximum absolute atomic E-state index is 14.1. The molecule has 1 fully saturated rings. The zero-order valence-electron chi connectivity index (χ0n) is 25.7. The highest BCUT2D eigenvalue weighted by atomic mass is 19.4. The molecule has 2 aliphatic rings. The molecule has 0 unspecified atom stereocenters. The van der Waals surface area contributed by atoms with Crippen LogP contribution in [0, 0.1) is 5.92 Å². The van der Waals surface area contributed by atoms with Gasteiger partial charge in [-0.2, -0.15) is 18.2 Å². The summed E-state index contributed by atoms with van der Waals surface area (Å²) in [5, 5.41) is 11.9. The number of fused-ring (bicyclic) bond motifs is 1. The van der Waals surface area contributed by atoms with E-state index < -0.39 is 29.6 Å². The zero-order chi connectivity index (χ0) is 32.3. The average Bonchev–Trinajstić information content (AvgIpc) is 3.34. The molecule has 0 saturated carbocycles. The van der Waals surface area contributed by atoms with Crippen molar-refractivity contribution in [2.45, 2.75) is 57.4 Å². The summed E-state index contributed by atoms with van der Waals surface area (Å²) in [5.74, 6) is -0.976. The summed E-state index contributed by atoms with van der Waals surface area (Å²) in [6, 6.07) is 11.1. The first-order chi connectivity index (χ1) is 21.4. The lowest BCUT2D eigenvalue weighted by molar-refractivity contribution is -0.137. The minimum Gasteiger partial charge on any atom is -0.495 e. The largest absolute Gasteiger partial charge is 0.495 e. The van der Waals surface area contributed by atoms with Crippen LogP contribution < -0.4 is 26.0 Å². The average molecular weight is 626 g/mol. The molecule has 0 radical (unpaired) electrons. The summed E-state index contributed by atoms with van der Waals surface area (Å²) in [6.45, 7) is 5.32. The Morgan fingerprint density at radius 1 is 1.07 bits per heavy atom. The lowest BCUT2D eigenvalue weighted by Gasteiger charge is -2.29. The minimum absolute atomic E-state index is 0.0786. The molecule has 45 heavy (non-hydrogen) atoms. The molecular weight excluding hydrogens is 587 g/mol. The lowest BCUT2D eigenvalue weighted by Crippen LogP contribution is -2.43. The van der Waals surface area contributed by atoms with Gasteiger partial charge in [0, 0.05) is 23.7 Å². The van der Waals surface area contributed by atoms with Crippen LogP contribution in [0.5, 0.6) is 5.75 Å². The summed E-state index contributed by atoms with van der Waals surface area (Å²) in [7, 11) is 3.48. The molecule has 10 nitrogen and oxygen atoms in total. The molecular formula is C32H38F3N7O3. The van der Waals surface area contributed by atoms with Crippen LogP contribution in [0.4, 0.5) is 30.6 Å². The fraction of sp³-hybridized carbons (Fsp3) is 0.438. The maximum Gasteiger partial charge on any atom is 0.421 e. The van der Waals surface area contributed by atoms with Crippen molar-refractivity contribution in [3.8, 4) is 5.75 Å². The molecule has 4 N–H and O–H groups in total. The number of halogens is 3. The van der Waals surface area contributed by atoms with E-state index in [1.54, 1.807) is 32.0 Å². The van der Waals surface area contributed by atoms with Crippen LogP contribution in [0.1, 0.15) is 59.8 Å². The fourth-order valence-corrected chi connectivity index (χ4v) is 5.64. The predicted octanol–water partition coefficient (Wildman–Crippen LogP) is 4.92. The van der Waals surface area contributed by atoms with Crippen molar-refractivity contribution >= 4 is 29.3 Å². The molecule has 5 rings (SSSR count). The number of piperidine rings is 1. The van der Waals surface area contributed by atoms with E-state index in [0.29, 0.717) is 23.4 Å². The second-order valence-corrected chi connectivity index (χ2v) is 11.8. The van der Waals surface area contributed by atoms with Crippen molar-refractivity contribution < 1.29 is 27.5 Å². The summed E-state index contributed by atoms with van der Waals surface area (Å²) >= 11 is 0. The first-order valence-electron chi connectivity index (χ1n) is 15.0. The van der Waals surface area contributed by atoms with Crippen molar-refractivity contribution in [3.05, 3.63) is 70.9 Å². The Balaban J connectivity index is 1.38. The van der Waals surface area contributed by atoms with Gasteiger partial charge in [0.05, 0.1) is 24.9 Å². The predicted molar refractivity (Wildman–Crippen MR) is 165 cm³/mol. The molecule has 0 bridgehead atoms. The molecule has 2 amide bonds. The van der Waals surface area contributed by atoms with E-state index in [-0.39, 0.29) is 29.7 Å². The summed E-state index contributed by atoms with van der Waals surface area (Å²) in [5.41, 5.74) is 1.49. The Hall–Kier alpha value is -4.39. The van der Waals surface area contributed by atoms with E-state index in [1.165, 1.54) is 7.11 Å². The van der Waals surface area contributed by atoms with Crippen LogP contribution in [0.2, 0.25) is 0 Å². The number of ether oxygens (including phenoxy) is 1. The van der Waals surface area contributed by atoms with Crippen molar-refractivity contribution in [3.63, 3.8) is 0 Å². The Labute approximate surface area is 260 Å². The van der Waals surface area contributed by atoms with Crippen molar-refractivity contribution in [1.29, 1.82) is 0 Å². The number of amides is 2. The Bertz CT molecular complexity index is 1540. The second kappa shape index (κ2) is 13.3. The number of carbonyl (C=O) groups excluding carboxylic acids is 2. The van der Waals surface area contributed by atoms with Gasteiger partial charge in [-0.05, 0) is 68.7 Å². The number of likely N-dealkylation sites (tertiary alicyclic amines) is 1. The highest BCUT2D eigenvalue weighted by Gasteiger charge is 2.39. The number of carbonyl (C=O) groups is 2. The van der Waals surface area contributed by atoms with Gasteiger partial charge in [0.15, 0.2) is 0 Å². The molecule has 1 aliphatic carbocycles. The molecule has 3 aromatic rings. The van der Waals surface area contributed by atoms with Gasteiger partial charge in [-0.15, -0.1) is 0 Å². The molecule has 2 heterocycles. The molecule has 1 saturated heterocycles. The van der Waals surface area contributed by atoms with Crippen LogP contribution in [-0.4, -0.2) is 66.0 Å². The van der Waals surface area contributed by atoms with E-state index in [2.05, 4.69) is 36.1 Å². The molecule has 13 heteroatoms. The topological polar surface area (TPSA) is 121 Å². The van der Waals surface area contributed by atoms with Gasteiger partial charge < -0.3 is 30.9 Å². The molecule has 2 atom stereocenters. The molecule has 240 valence electrons. The highest BCUT2D eigenvalue weighted by molar-refractivity contribution is 5.95. The van der Waals surface area contributed by atoms with Crippen LogP contribution in [0.15, 0.2) is 48.7 Å². The van der Waals surface area contributed by atoms with Crippen LogP contribution in [0.3, 0.4) is 0 Å². The van der Waals surface area contributed by atoms with Crippen LogP contribution in [-0.2, 0) is 17.4 Å². The number of benzene rings is 2. The number of methoxy groups -OCH3 is 1. The van der Waals surface area contributed by atoms with Gasteiger partial charge in [0.2, 0.25) is 11.9 Å². The third-order valence-corrected chi connectivity index (χ3v) is 8.23. The molecule has 1 aliphatic heterocycles. The third kappa shape index (κ3) is 7.47. The van der Waals surface area contributed by atoms with Crippen LogP contribution >= 0.6 is 0 Å². The van der Waals surface area contributed by atoms with Gasteiger partial charge in [-0.25, -0.2) is 4.98 Å². The van der Waals surface area contributed by atoms with E-state index in [9.17, 15) is 22.8 Å². The Morgan fingerprint density at radius 2 is 1.80 bits per heavy atom. The number of anilines is 3. The normalized spacial score (nSPS) is 18.8. The number of nitrogens with zero attached hydrogens (tertiary/aromatic N) is 3. The van der Waals surface area contributed by atoms with Gasteiger partial charge in [-0.1, -0.05) is 38.1 Å². The van der Waals surface area contributed by atoms with E-state index in [4.69, 9.17) is 4.74 Å². The van der Waals surface area contributed by atoms with Gasteiger partial charge >= 0.3 is 6.18 Å². The molecule has 1 aromatic heterocycles. The monoisotopic (exact) mass is 625 g/mol. The van der Waals surface area contributed by atoms with E-state index >= 15 is 0 Å². The van der Waals surface area contributed by atoms with Gasteiger partial charge in [-0.3, -0.25) is 9.59 Å². The summed E-state index contributed by atoms with van der Waals surface area (Å²) in [4.78, 5) is 35.9. The number of nitrogens with one attached hydrogen (secondary N) is 4. The maximum atomic E-state index is 14.1. The quantitative estimate of drug-likeness (QED) is 0.265. The van der Waals surface area contributed by atoms with Gasteiger partial charge in [0.1, 0.15) is 17.1 Å². The number of hydrogen-bond donors (Lipinski definition) is 4. The first-order valence-corrected chi connectivity index (χ1v) is 15.0. The van der Waals surface area contributed by atoms with E-state index in [0.717, 1.165) is 43.3 Å². The second-order valence-electron chi connectivity index (χ2n) is 11.8. The SMILES string of the molecule is COc1cc(C(=O)NC2CCN(C)CC2)ccc1Nc1ncc(C(F)(F)F)c(N[C@@H]2Cc3ccccc3[C@H]2NC(=O)C(C)C)n1. The summed E-state index contributed by atoms with van der Waals surface area (Å²) in [6.07, 6.45) is -1.91. The Morgan fingerprint density at radius 3 is 2.49 bits per heavy atom. The van der Waals surface area contributed by atoms with E-state index in [1.807, 2.05) is 31.3 Å². The standard InChI is InChI=1S/C32H38F3N7O3/c1-18(2)29(43)40-27-22-8-6-5-7-19(22)15-25(27)38-28-23(32(33,34)35)17-36-31(41-28)39-24-10-9-20(16-26(24)45-4)30(44)37-21-11-13-42(3)14-12-21/h5-10,16-18,21,25,27H,11-15H2,1-4H3,(H,37,44)(H,40,43)(H2,36,38,39,41)/t25-,27-/m1/s1. The lowest BCUT2D eigenvalue weighted by atomic mass is 10.0.